The Morgan fingerprint density at radius 3 is 3.00 bits per heavy atom. The fraction of sp³-hybridized carbons (Fsp3) is 0.364. The highest BCUT2D eigenvalue weighted by atomic mass is 19.1. The highest BCUT2D eigenvalue weighted by molar-refractivity contribution is 5.92. The lowest BCUT2D eigenvalue weighted by Crippen LogP contribution is -2.19. The second-order valence-electron chi connectivity index (χ2n) is 3.34. The number of benzene rings is 1. The Balaban J connectivity index is 2.52. The average molecular weight is 226 g/mol. The number of carbonyl (C=O) groups excluding carboxylic acids is 1. The third kappa shape index (κ3) is 3.86. The van der Waals surface area contributed by atoms with Crippen LogP contribution in [0.25, 0.3) is 0 Å². The molecule has 16 heavy (non-hydrogen) atoms. The maximum atomic E-state index is 13.2. The van der Waals surface area contributed by atoms with Crippen molar-refractivity contribution < 1.29 is 13.9 Å². The Kier molecular flexibility index (Phi) is 4.72. The lowest BCUT2D eigenvalue weighted by molar-refractivity contribution is -0.120. The molecule has 0 saturated heterocycles. The summed E-state index contributed by atoms with van der Waals surface area (Å²) >= 11 is 0. The van der Waals surface area contributed by atoms with E-state index in [1.54, 1.807) is 0 Å². The molecule has 0 radical (unpaired) electrons. The number of anilines is 2. The monoisotopic (exact) mass is 226 g/mol. The van der Waals surface area contributed by atoms with Gasteiger partial charge >= 0.3 is 0 Å². The van der Waals surface area contributed by atoms with Crippen LogP contribution in [0.15, 0.2) is 18.2 Å². The van der Waals surface area contributed by atoms with Gasteiger partial charge in [0.05, 0.1) is 5.69 Å². The van der Waals surface area contributed by atoms with E-state index in [4.69, 9.17) is 10.5 Å². The van der Waals surface area contributed by atoms with Crippen LogP contribution < -0.4 is 11.1 Å². The Morgan fingerprint density at radius 1 is 1.56 bits per heavy atom. The van der Waals surface area contributed by atoms with E-state index in [1.165, 1.54) is 18.2 Å². The van der Waals surface area contributed by atoms with Gasteiger partial charge in [-0.25, -0.2) is 4.39 Å². The van der Waals surface area contributed by atoms with Crippen LogP contribution in [0.5, 0.6) is 0 Å². The van der Waals surface area contributed by atoms with Gasteiger partial charge in [0, 0.05) is 12.3 Å². The number of ether oxygens (including phenoxy) is 1. The van der Waals surface area contributed by atoms with Crippen LogP contribution in [0.3, 0.4) is 0 Å². The fourth-order valence-corrected chi connectivity index (χ4v) is 1.13. The van der Waals surface area contributed by atoms with E-state index in [1.807, 2.05) is 6.92 Å². The van der Waals surface area contributed by atoms with Crippen molar-refractivity contribution >= 4 is 17.3 Å². The molecule has 1 aromatic rings. The zero-order valence-corrected chi connectivity index (χ0v) is 9.13. The maximum absolute atomic E-state index is 13.2. The smallest absolute Gasteiger partial charge is 0.250 e. The summed E-state index contributed by atoms with van der Waals surface area (Å²) in [7, 11) is 0. The number of nitrogens with one attached hydrogen (secondary N) is 1. The summed E-state index contributed by atoms with van der Waals surface area (Å²) in [6.07, 6.45) is 0.833. The molecule has 0 saturated carbocycles. The summed E-state index contributed by atoms with van der Waals surface area (Å²) in [5.41, 5.74) is 5.94. The minimum absolute atomic E-state index is 0.0742. The Bertz CT molecular complexity index is 369. The minimum atomic E-state index is -0.516. The number of carbonyl (C=O) groups is 1. The molecular formula is C11H15FN2O2. The average Bonchev–Trinajstić information content (AvgIpc) is 2.24. The van der Waals surface area contributed by atoms with Crippen LogP contribution in [-0.4, -0.2) is 19.1 Å². The van der Waals surface area contributed by atoms with Crippen molar-refractivity contribution in [2.24, 2.45) is 0 Å². The Hall–Kier alpha value is -1.62. The first-order valence-corrected chi connectivity index (χ1v) is 5.06. The van der Waals surface area contributed by atoms with Crippen LogP contribution in [0.2, 0.25) is 0 Å². The maximum Gasteiger partial charge on any atom is 0.250 e. The number of nitrogen functional groups attached to an aromatic ring is 1. The van der Waals surface area contributed by atoms with Gasteiger partial charge in [-0.05, 0) is 24.6 Å². The normalized spacial score (nSPS) is 10.1. The number of amides is 1. The number of halogens is 1. The van der Waals surface area contributed by atoms with Crippen LogP contribution in [-0.2, 0) is 9.53 Å². The first-order valence-electron chi connectivity index (χ1n) is 5.06. The molecule has 0 fully saturated rings. The van der Waals surface area contributed by atoms with E-state index in [9.17, 15) is 9.18 Å². The number of hydrogen-bond donors (Lipinski definition) is 2. The van der Waals surface area contributed by atoms with E-state index < -0.39 is 11.7 Å². The molecule has 88 valence electrons. The minimum Gasteiger partial charge on any atom is -0.399 e. The molecule has 0 heterocycles. The summed E-state index contributed by atoms with van der Waals surface area (Å²) in [4.78, 5) is 11.3. The molecule has 0 unspecified atom stereocenters. The molecule has 0 bridgehead atoms. The van der Waals surface area contributed by atoms with Gasteiger partial charge in [-0.15, -0.1) is 0 Å². The van der Waals surface area contributed by atoms with Crippen molar-refractivity contribution in [1.29, 1.82) is 0 Å². The molecule has 4 nitrogen and oxygen atoms in total. The van der Waals surface area contributed by atoms with Gasteiger partial charge in [-0.1, -0.05) is 6.92 Å². The highest BCUT2D eigenvalue weighted by Crippen LogP contribution is 2.17. The molecule has 0 aliphatic rings. The van der Waals surface area contributed by atoms with Crippen LogP contribution >= 0.6 is 0 Å². The van der Waals surface area contributed by atoms with E-state index in [-0.39, 0.29) is 12.3 Å². The Labute approximate surface area is 93.6 Å². The summed E-state index contributed by atoms with van der Waals surface area (Å²) in [5.74, 6) is -0.906. The van der Waals surface area contributed by atoms with Crippen molar-refractivity contribution in [2.75, 3.05) is 24.3 Å². The fourth-order valence-electron chi connectivity index (χ4n) is 1.13. The molecule has 1 amide bonds. The third-order valence-corrected chi connectivity index (χ3v) is 1.85. The van der Waals surface area contributed by atoms with Crippen molar-refractivity contribution in [2.45, 2.75) is 13.3 Å². The Morgan fingerprint density at radius 2 is 2.31 bits per heavy atom. The molecular weight excluding hydrogens is 211 g/mol. The summed E-state index contributed by atoms with van der Waals surface area (Å²) in [6.45, 7) is 2.37. The number of hydrogen-bond acceptors (Lipinski definition) is 3. The molecule has 3 N–H and O–H groups in total. The predicted molar refractivity (Wildman–Crippen MR) is 60.6 cm³/mol. The zero-order valence-electron chi connectivity index (χ0n) is 9.13. The topological polar surface area (TPSA) is 64.3 Å². The van der Waals surface area contributed by atoms with E-state index in [0.29, 0.717) is 12.3 Å². The van der Waals surface area contributed by atoms with Crippen molar-refractivity contribution in [3.05, 3.63) is 24.0 Å². The van der Waals surface area contributed by atoms with Gasteiger partial charge < -0.3 is 15.8 Å². The van der Waals surface area contributed by atoms with E-state index >= 15 is 0 Å². The van der Waals surface area contributed by atoms with E-state index in [2.05, 4.69) is 5.32 Å². The summed E-state index contributed by atoms with van der Waals surface area (Å²) in [5, 5.41) is 2.39. The molecule has 0 spiro atoms. The van der Waals surface area contributed by atoms with Gasteiger partial charge in [-0.3, -0.25) is 4.79 Å². The van der Waals surface area contributed by atoms with Crippen LogP contribution in [0, 0.1) is 5.82 Å². The van der Waals surface area contributed by atoms with Crippen LogP contribution in [0.4, 0.5) is 15.8 Å². The van der Waals surface area contributed by atoms with Crippen molar-refractivity contribution in [3.63, 3.8) is 0 Å². The second kappa shape index (κ2) is 6.07. The second-order valence-corrected chi connectivity index (χ2v) is 3.34. The largest absolute Gasteiger partial charge is 0.399 e. The van der Waals surface area contributed by atoms with Crippen molar-refractivity contribution in [3.8, 4) is 0 Å². The van der Waals surface area contributed by atoms with Crippen LogP contribution in [0.1, 0.15) is 13.3 Å². The van der Waals surface area contributed by atoms with E-state index in [0.717, 1.165) is 6.42 Å². The zero-order chi connectivity index (χ0) is 12.0. The summed E-state index contributed by atoms with van der Waals surface area (Å²) < 4.78 is 18.2. The standard InChI is InChI=1S/C11H15FN2O2/c1-2-5-16-7-11(15)14-10-6-8(13)3-4-9(10)12/h3-4,6H,2,5,7,13H2,1H3,(H,14,15). The lowest BCUT2D eigenvalue weighted by atomic mass is 10.2. The molecule has 1 rings (SSSR count). The molecule has 0 aliphatic carbocycles. The van der Waals surface area contributed by atoms with Gasteiger partial charge in [-0.2, -0.15) is 0 Å². The number of rotatable bonds is 5. The molecule has 1 aromatic carbocycles. The summed E-state index contributed by atoms with van der Waals surface area (Å²) in [6, 6.07) is 4.00. The lowest BCUT2D eigenvalue weighted by Gasteiger charge is -2.07. The predicted octanol–water partition coefficient (Wildman–Crippen LogP) is 1.77. The first kappa shape index (κ1) is 12.4. The van der Waals surface area contributed by atoms with Gasteiger partial charge in [0.2, 0.25) is 5.91 Å². The van der Waals surface area contributed by atoms with Gasteiger partial charge in [0.25, 0.3) is 0 Å². The molecule has 0 atom stereocenters. The third-order valence-electron chi connectivity index (χ3n) is 1.85. The van der Waals surface area contributed by atoms with Crippen molar-refractivity contribution in [1.82, 2.24) is 0 Å². The van der Waals surface area contributed by atoms with Gasteiger partial charge in [0.1, 0.15) is 12.4 Å². The molecule has 0 aromatic heterocycles. The van der Waals surface area contributed by atoms with Gasteiger partial charge in [0.15, 0.2) is 0 Å². The highest BCUT2D eigenvalue weighted by Gasteiger charge is 2.07. The molecule has 5 heteroatoms. The quantitative estimate of drug-likeness (QED) is 0.594. The first-order chi connectivity index (χ1) is 7.63. The number of nitrogens with two attached hydrogens (primary N) is 1. The SMILES string of the molecule is CCCOCC(=O)Nc1cc(N)ccc1F. The molecule has 0 aliphatic heterocycles.